The molecule has 0 spiro atoms. The molecule has 2 rings (SSSR count). The predicted molar refractivity (Wildman–Crippen MR) is 77.3 cm³/mol. The molecule has 2 aromatic carbocycles. The lowest BCUT2D eigenvalue weighted by atomic mass is 10.2. The maximum absolute atomic E-state index is 11.1. The maximum Gasteiger partial charge on any atom is 0.269 e. The van der Waals surface area contributed by atoms with Crippen molar-refractivity contribution in [1.29, 1.82) is 0 Å². The fourth-order valence-corrected chi connectivity index (χ4v) is 1.67. The second-order valence-corrected chi connectivity index (χ2v) is 4.29. The van der Waals surface area contributed by atoms with Crippen LogP contribution in [0.1, 0.15) is 11.1 Å². The number of hydroxylamine groups is 1. The first-order valence-electron chi connectivity index (χ1n) is 6.13. The molecule has 0 fully saturated rings. The molecular weight excluding hydrogens is 272 g/mol. The van der Waals surface area contributed by atoms with Crippen molar-refractivity contribution in [2.45, 2.75) is 6.61 Å². The number of benzene rings is 2. The first-order valence-corrected chi connectivity index (χ1v) is 6.13. The summed E-state index contributed by atoms with van der Waals surface area (Å²) in [6, 6.07) is 12.9. The monoisotopic (exact) mass is 285 g/mol. The molecule has 0 aliphatic heterocycles. The van der Waals surface area contributed by atoms with Gasteiger partial charge in [-0.1, -0.05) is 12.1 Å². The van der Waals surface area contributed by atoms with Crippen molar-refractivity contribution >= 4 is 17.8 Å². The molecule has 0 aliphatic rings. The topological polar surface area (TPSA) is 72.7 Å². The summed E-state index contributed by atoms with van der Waals surface area (Å²) in [7, 11) is 0. The van der Waals surface area contributed by atoms with Crippen LogP contribution < -0.4 is 5.06 Å². The maximum atomic E-state index is 11.1. The van der Waals surface area contributed by atoms with Crippen LogP contribution >= 0.6 is 0 Å². The highest BCUT2D eigenvalue weighted by molar-refractivity contribution is 5.72. The van der Waals surface area contributed by atoms with Crippen LogP contribution in [0.15, 0.2) is 48.5 Å². The minimum Gasteiger partial charge on any atom is -0.276 e. The Kier molecular flexibility index (Phi) is 4.63. The van der Waals surface area contributed by atoms with E-state index in [1.165, 1.54) is 12.1 Å². The zero-order valence-electron chi connectivity index (χ0n) is 11.1. The number of nitro groups is 1. The van der Waals surface area contributed by atoms with Crippen LogP contribution in [0.4, 0.5) is 11.4 Å². The van der Waals surface area contributed by atoms with Crippen molar-refractivity contribution in [1.82, 2.24) is 0 Å². The summed E-state index contributed by atoms with van der Waals surface area (Å²) in [6.45, 7) is 3.89. The van der Waals surface area contributed by atoms with E-state index in [-0.39, 0.29) is 12.3 Å². The zero-order chi connectivity index (χ0) is 15.2. The summed E-state index contributed by atoms with van der Waals surface area (Å²) >= 11 is 0. The van der Waals surface area contributed by atoms with E-state index in [9.17, 15) is 14.9 Å². The number of carbonyl (C=O) groups excluding carboxylic acids is 1. The minimum absolute atomic E-state index is 0.0111. The highest BCUT2D eigenvalue weighted by Gasteiger charge is 2.08. The van der Waals surface area contributed by atoms with Gasteiger partial charge in [0.15, 0.2) is 0 Å². The van der Waals surface area contributed by atoms with Crippen LogP contribution in [0.25, 0.3) is 0 Å². The van der Waals surface area contributed by atoms with E-state index >= 15 is 0 Å². The van der Waals surface area contributed by atoms with Gasteiger partial charge in [-0.2, -0.15) is 5.06 Å². The normalized spacial score (nSPS) is 10.1. The number of carbonyl (C=O) groups is 1. The Bertz CT molecular complexity index is 623. The van der Waals surface area contributed by atoms with Crippen molar-refractivity contribution in [2.24, 2.45) is 0 Å². The Hall–Kier alpha value is -2.73. The lowest BCUT2D eigenvalue weighted by molar-refractivity contribution is -0.384. The molecule has 0 saturated heterocycles. The van der Waals surface area contributed by atoms with Crippen LogP contribution in [0.2, 0.25) is 0 Å². The molecule has 1 amide bonds. The Morgan fingerprint density at radius 2 is 1.76 bits per heavy atom. The molecule has 107 valence electrons. The predicted octanol–water partition coefficient (Wildman–Crippen LogP) is 2.87. The number of nitro benzene ring substituents is 1. The average Bonchev–Trinajstić information content (AvgIpc) is 2.50. The van der Waals surface area contributed by atoms with E-state index < -0.39 is 4.92 Å². The Morgan fingerprint density at radius 1 is 1.14 bits per heavy atom. The van der Waals surface area contributed by atoms with Crippen molar-refractivity contribution < 1.29 is 14.6 Å². The molecule has 6 heteroatoms. The first-order chi connectivity index (χ1) is 10.1. The summed E-state index contributed by atoms with van der Waals surface area (Å²) in [5, 5.41) is 11.6. The fourth-order valence-electron chi connectivity index (χ4n) is 1.67. The van der Waals surface area contributed by atoms with Crippen molar-refractivity contribution in [3.8, 4) is 0 Å². The number of nitrogens with zero attached hydrogens (tertiary/aromatic N) is 2. The van der Waals surface area contributed by atoms with Gasteiger partial charge in [-0.15, -0.1) is 0 Å². The molecule has 0 heterocycles. The summed E-state index contributed by atoms with van der Waals surface area (Å²) in [4.78, 5) is 26.5. The summed E-state index contributed by atoms with van der Waals surface area (Å²) in [5.41, 5.74) is 2.15. The molecule has 0 aromatic heterocycles. The summed E-state index contributed by atoms with van der Waals surface area (Å²) < 4.78 is 0. The van der Waals surface area contributed by atoms with Gasteiger partial charge in [0, 0.05) is 12.1 Å². The molecule has 0 bridgehead atoms. The van der Waals surface area contributed by atoms with Gasteiger partial charge in [0.05, 0.1) is 10.6 Å². The van der Waals surface area contributed by atoms with E-state index in [4.69, 9.17) is 4.84 Å². The second kappa shape index (κ2) is 6.62. The number of rotatable bonds is 6. The smallest absolute Gasteiger partial charge is 0.269 e. The van der Waals surface area contributed by atoms with Gasteiger partial charge >= 0.3 is 0 Å². The number of amides is 1. The average molecular weight is 285 g/mol. The van der Waals surface area contributed by atoms with Crippen LogP contribution in [0.5, 0.6) is 0 Å². The van der Waals surface area contributed by atoms with Crippen molar-refractivity contribution in [2.75, 3.05) is 5.06 Å². The summed E-state index contributed by atoms with van der Waals surface area (Å²) in [5.74, 6) is 0. The Labute approximate surface area is 121 Å². The van der Waals surface area contributed by atoms with E-state index in [0.717, 1.165) is 16.2 Å². The highest BCUT2D eigenvalue weighted by atomic mass is 16.7. The molecular formula is C15H13N2O4. The molecule has 0 unspecified atom stereocenters. The Balaban J connectivity index is 2.01. The van der Waals surface area contributed by atoms with E-state index in [1.807, 2.05) is 0 Å². The molecule has 6 nitrogen and oxygen atoms in total. The van der Waals surface area contributed by atoms with Gasteiger partial charge in [0.25, 0.3) is 5.69 Å². The molecule has 0 saturated carbocycles. The molecule has 1 radical (unpaired) electrons. The number of hydrogen-bond donors (Lipinski definition) is 0. The van der Waals surface area contributed by atoms with E-state index in [2.05, 4.69) is 6.92 Å². The fraction of sp³-hybridized carbons (Fsp3) is 0.0667. The molecule has 2 aromatic rings. The van der Waals surface area contributed by atoms with Crippen LogP contribution in [0, 0.1) is 17.0 Å². The molecule has 0 N–H and O–H groups in total. The van der Waals surface area contributed by atoms with E-state index in [1.54, 1.807) is 36.4 Å². The third kappa shape index (κ3) is 3.87. The highest BCUT2D eigenvalue weighted by Crippen LogP contribution is 2.16. The number of anilines is 1. The van der Waals surface area contributed by atoms with Gasteiger partial charge in [-0.25, -0.2) is 0 Å². The lowest BCUT2D eigenvalue weighted by Crippen LogP contribution is -2.21. The van der Waals surface area contributed by atoms with Crippen LogP contribution in [0.3, 0.4) is 0 Å². The third-order valence-electron chi connectivity index (χ3n) is 2.80. The molecule has 0 atom stereocenters. The largest absolute Gasteiger partial charge is 0.276 e. The van der Waals surface area contributed by atoms with Gasteiger partial charge in [-0.05, 0) is 42.3 Å². The van der Waals surface area contributed by atoms with E-state index in [0.29, 0.717) is 12.1 Å². The van der Waals surface area contributed by atoms with Crippen LogP contribution in [-0.2, 0) is 16.2 Å². The quantitative estimate of drug-likeness (QED) is 0.464. The lowest BCUT2D eigenvalue weighted by Gasteiger charge is -2.17. The standard InChI is InChI=1S/C15H13N2O4/c1-12-2-6-14(7-3-12)16(11-18)21-10-13-4-8-15(9-5-13)17(19)20/h2-9,11H,1,10H2. The van der Waals surface area contributed by atoms with Crippen molar-refractivity contribution in [3.63, 3.8) is 0 Å². The minimum atomic E-state index is -0.470. The summed E-state index contributed by atoms with van der Waals surface area (Å²) in [6.07, 6.45) is 0.559. The zero-order valence-corrected chi connectivity index (χ0v) is 11.1. The van der Waals surface area contributed by atoms with Gasteiger partial charge in [0.1, 0.15) is 6.61 Å². The Morgan fingerprint density at radius 3 is 2.29 bits per heavy atom. The third-order valence-corrected chi connectivity index (χ3v) is 2.80. The first kappa shape index (κ1) is 14.7. The molecule has 0 aliphatic carbocycles. The van der Waals surface area contributed by atoms with Gasteiger partial charge < -0.3 is 0 Å². The second-order valence-electron chi connectivity index (χ2n) is 4.29. The molecule has 21 heavy (non-hydrogen) atoms. The van der Waals surface area contributed by atoms with Crippen LogP contribution in [-0.4, -0.2) is 11.3 Å². The SMILES string of the molecule is [CH2]c1ccc(N(C=O)OCc2ccc([N+](=O)[O-])cc2)cc1. The van der Waals surface area contributed by atoms with Crippen molar-refractivity contribution in [3.05, 3.63) is 76.7 Å². The number of hydrogen-bond acceptors (Lipinski definition) is 4. The van der Waals surface area contributed by atoms with Gasteiger partial charge in [-0.3, -0.25) is 19.7 Å². The number of non-ortho nitro benzene ring substituents is 1. The van der Waals surface area contributed by atoms with Gasteiger partial charge in [0.2, 0.25) is 6.41 Å².